The van der Waals surface area contributed by atoms with Gasteiger partial charge in [-0.2, -0.15) is 0 Å². The van der Waals surface area contributed by atoms with Gasteiger partial charge in [0.15, 0.2) is 0 Å². The summed E-state index contributed by atoms with van der Waals surface area (Å²) in [6.45, 7) is 2.30. The molecule has 2 aromatic rings. The molecule has 1 aromatic heterocycles. The highest BCUT2D eigenvalue weighted by Crippen LogP contribution is 2.40. The maximum absolute atomic E-state index is 16.7. The van der Waals surface area contributed by atoms with Gasteiger partial charge in [-0.3, -0.25) is 9.59 Å². The van der Waals surface area contributed by atoms with Crippen LogP contribution in [0.5, 0.6) is 5.75 Å². The Bertz CT molecular complexity index is 1120. The molecule has 1 aromatic carbocycles. The van der Waals surface area contributed by atoms with Crippen molar-refractivity contribution >= 4 is 28.8 Å². The molecule has 10 heteroatoms. The molecule has 0 bridgehead atoms. The van der Waals surface area contributed by atoms with Gasteiger partial charge in [0.25, 0.3) is 5.91 Å². The normalized spacial score (nSPS) is 16.9. The average molecular weight is 477 g/mol. The van der Waals surface area contributed by atoms with Gasteiger partial charge in [-0.15, -0.1) is 0 Å². The first-order chi connectivity index (χ1) is 16.2. The molecule has 1 unspecified atom stereocenters. The van der Waals surface area contributed by atoms with Gasteiger partial charge in [-0.05, 0) is 38.8 Å². The van der Waals surface area contributed by atoms with Gasteiger partial charge in [0.2, 0.25) is 0 Å². The summed E-state index contributed by atoms with van der Waals surface area (Å²) in [7, 11) is 0. The Morgan fingerprint density at radius 1 is 1.15 bits per heavy atom. The number of carbonyl (C=O) groups is 3. The van der Waals surface area contributed by atoms with Gasteiger partial charge in [0, 0.05) is 6.04 Å². The molecule has 1 heterocycles. The van der Waals surface area contributed by atoms with Crippen LogP contribution in [-0.4, -0.2) is 47.9 Å². The number of carbonyl (C=O) groups excluding carboxylic acids is 3. The number of alkyl halides is 1. The molecule has 9 nitrogen and oxygen atoms in total. The van der Waals surface area contributed by atoms with E-state index in [4.69, 9.17) is 13.9 Å². The summed E-state index contributed by atoms with van der Waals surface area (Å²) in [5.74, 6) is -7.76. The molecule has 0 radical (unpaired) electrons. The molecular weight excluding hydrogens is 449 g/mol. The van der Waals surface area contributed by atoms with Crippen molar-refractivity contribution in [3.8, 4) is 5.75 Å². The van der Waals surface area contributed by atoms with Crippen molar-refractivity contribution in [2.45, 2.75) is 63.6 Å². The lowest BCUT2D eigenvalue weighted by Gasteiger charge is -2.31. The van der Waals surface area contributed by atoms with Gasteiger partial charge in [-0.1, -0.05) is 31.4 Å². The minimum atomic E-state index is -3.70. The van der Waals surface area contributed by atoms with Gasteiger partial charge in [0.1, 0.15) is 17.3 Å². The molecule has 0 aliphatic heterocycles. The van der Waals surface area contributed by atoms with E-state index in [1.165, 1.54) is 32.0 Å². The third kappa shape index (κ3) is 4.76. The van der Waals surface area contributed by atoms with E-state index < -0.39 is 52.4 Å². The summed E-state index contributed by atoms with van der Waals surface area (Å²) in [5, 5.41) is 13.4. The average Bonchev–Trinajstić information content (AvgIpc) is 2.82. The Hall–Kier alpha value is -3.43. The van der Waals surface area contributed by atoms with E-state index >= 15 is 4.39 Å². The Morgan fingerprint density at radius 2 is 1.79 bits per heavy atom. The molecule has 0 saturated heterocycles. The van der Waals surface area contributed by atoms with Crippen molar-refractivity contribution in [3.05, 3.63) is 40.2 Å². The van der Waals surface area contributed by atoms with Crippen LogP contribution in [0.1, 0.15) is 57.4 Å². The molecule has 2 atom stereocenters. The number of esters is 2. The molecule has 34 heavy (non-hydrogen) atoms. The first kappa shape index (κ1) is 25.2. The number of nitrogens with one attached hydrogen (secondary N) is 1. The van der Waals surface area contributed by atoms with Crippen LogP contribution in [0.4, 0.5) is 4.39 Å². The summed E-state index contributed by atoms with van der Waals surface area (Å²) in [5.41, 5.74) is -5.91. The topological polar surface area (TPSA) is 132 Å². The molecule has 1 aliphatic rings. The second kappa shape index (κ2) is 10.7. The van der Waals surface area contributed by atoms with Crippen molar-refractivity contribution in [1.29, 1.82) is 0 Å². The number of para-hydroxylation sites is 1. The lowest BCUT2D eigenvalue weighted by Crippen LogP contribution is -2.58. The van der Waals surface area contributed by atoms with Gasteiger partial charge >= 0.3 is 23.2 Å². The molecule has 1 saturated carbocycles. The van der Waals surface area contributed by atoms with Gasteiger partial charge in [-0.25, -0.2) is 14.0 Å². The van der Waals surface area contributed by atoms with Crippen molar-refractivity contribution in [3.63, 3.8) is 0 Å². The number of benzene rings is 1. The second-order valence-corrected chi connectivity index (χ2v) is 8.07. The maximum Gasteiger partial charge on any atom is 0.355 e. The van der Waals surface area contributed by atoms with Crippen LogP contribution in [0.15, 0.2) is 33.5 Å². The van der Waals surface area contributed by atoms with Crippen LogP contribution in [0.2, 0.25) is 0 Å². The van der Waals surface area contributed by atoms with Crippen LogP contribution < -0.4 is 10.9 Å². The quantitative estimate of drug-likeness (QED) is 0.337. The Kier molecular flexibility index (Phi) is 7.90. The third-order valence-electron chi connectivity index (χ3n) is 5.87. The van der Waals surface area contributed by atoms with E-state index in [2.05, 4.69) is 5.32 Å². The molecule has 3 rings (SSSR count). The summed E-state index contributed by atoms with van der Waals surface area (Å²) in [4.78, 5) is 52.0. The lowest BCUT2D eigenvalue weighted by atomic mass is 9.81. The van der Waals surface area contributed by atoms with Crippen LogP contribution >= 0.6 is 0 Å². The van der Waals surface area contributed by atoms with Crippen molar-refractivity contribution in [2.24, 2.45) is 0 Å². The number of rotatable bonds is 8. The Morgan fingerprint density at radius 3 is 2.44 bits per heavy atom. The molecular formula is C24H28FNO8. The lowest BCUT2D eigenvalue weighted by molar-refractivity contribution is -0.172. The van der Waals surface area contributed by atoms with Gasteiger partial charge in [0.05, 0.1) is 24.2 Å². The zero-order chi connectivity index (χ0) is 24.9. The molecule has 1 aliphatic carbocycles. The van der Waals surface area contributed by atoms with E-state index in [1.807, 2.05) is 0 Å². The van der Waals surface area contributed by atoms with E-state index in [0.29, 0.717) is 12.8 Å². The summed E-state index contributed by atoms with van der Waals surface area (Å²) in [6, 6.07) is 5.42. The summed E-state index contributed by atoms with van der Waals surface area (Å²) in [6.07, 6.45) is 3.71. The molecule has 1 amide bonds. The van der Waals surface area contributed by atoms with Crippen molar-refractivity contribution in [1.82, 2.24) is 5.32 Å². The predicted octanol–water partition coefficient (Wildman–Crippen LogP) is 2.87. The molecule has 184 valence electrons. The number of amides is 1. The van der Waals surface area contributed by atoms with Crippen LogP contribution in [-0.2, 0) is 23.9 Å². The van der Waals surface area contributed by atoms with Crippen molar-refractivity contribution < 1.29 is 37.8 Å². The fourth-order valence-electron chi connectivity index (χ4n) is 4.22. The van der Waals surface area contributed by atoms with Gasteiger partial charge < -0.3 is 24.3 Å². The van der Waals surface area contributed by atoms with Crippen LogP contribution in [0, 0.1) is 0 Å². The fraction of sp³-hybridized carbons (Fsp3) is 0.500. The number of aromatic hydroxyl groups is 1. The summed E-state index contributed by atoms with van der Waals surface area (Å²) >= 11 is 0. The van der Waals surface area contributed by atoms with Crippen LogP contribution in [0.3, 0.4) is 0 Å². The summed E-state index contributed by atoms with van der Waals surface area (Å²) < 4.78 is 31.7. The SMILES string of the molecule is CCOC(=O)[C@@H](c1c(O)c2ccccc2oc1=O)C(F)(C(=O)NC1CCCCC1)C(=O)OCC. The third-order valence-corrected chi connectivity index (χ3v) is 5.87. The molecule has 2 N–H and O–H groups in total. The van der Waals surface area contributed by atoms with Crippen LogP contribution in [0.25, 0.3) is 11.0 Å². The fourth-order valence-corrected chi connectivity index (χ4v) is 4.22. The van der Waals surface area contributed by atoms with E-state index in [-0.39, 0.29) is 24.2 Å². The Balaban J connectivity index is 2.21. The van der Waals surface area contributed by atoms with E-state index in [9.17, 15) is 24.3 Å². The number of hydrogen-bond donors (Lipinski definition) is 2. The number of fused-ring (bicyclic) bond motifs is 1. The smallest absolute Gasteiger partial charge is 0.355 e. The highest BCUT2D eigenvalue weighted by atomic mass is 19.1. The molecule has 0 spiro atoms. The zero-order valence-corrected chi connectivity index (χ0v) is 19.1. The zero-order valence-electron chi connectivity index (χ0n) is 19.1. The van der Waals surface area contributed by atoms with Crippen molar-refractivity contribution in [2.75, 3.05) is 13.2 Å². The van der Waals surface area contributed by atoms with E-state index in [1.54, 1.807) is 6.07 Å². The highest BCUT2D eigenvalue weighted by molar-refractivity contribution is 6.11. The number of hydrogen-bond acceptors (Lipinski definition) is 8. The first-order valence-corrected chi connectivity index (χ1v) is 11.3. The predicted molar refractivity (Wildman–Crippen MR) is 119 cm³/mol. The molecule has 1 fully saturated rings. The largest absolute Gasteiger partial charge is 0.507 e. The van der Waals surface area contributed by atoms with E-state index in [0.717, 1.165) is 19.3 Å². The first-order valence-electron chi connectivity index (χ1n) is 11.3. The standard InChI is InChI=1S/C24H28FNO8/c1-3-32-21(29)18(17-19(27)15-12-8-9-13-16(15)34-20(17)28)24(25,23(31)33-4-2)22(30)26-14-10-6-5-7-11-14/h8-9,12-14,18,27H,3-7,10-11H2,1-2H3,(H,26,30)/t18-,24?/m1/s1. The minimum Gasteiger partial charge on any atom is -0.507 e. The Labute approximate surface area is 195 Å². The second-order valence-electron chi connectivity index (χ2n) is 8.07. The maximum atomic E-state index is 16.7. The highest BCUT2D eigenvalue weighted by Gasteiger charge is 2.61. The number of halogens is 1. The number of ether oxygens (including phenoxy) is 2. The minimum absolute atomic E-state index is 0.00899. The monoisotopic (exact) mass is 477 g/mol.